The summed E-state index contributed by atoms with van der Waals surface area (Å²) in [6.07, 6.45) is -4.54. The van der Waals surface area contributed by atoms with Crippen LogP contribution in [-0.4, -0.2) is 29.3 Å². The lowest BCUT2D eigenvalue weighted by Gasteiger charge is -2.35. The van der Waals surface area contributed by atoms with Gasteiger partial charge in [-0.15, -0.1) is 0 Å². The highest BCUT2D eigenvalue weighted by Crippen LogP contribution is 2.40. The Balaban J connectivity index is 2.11. The number of Topliss-reactive ketones (excluding diaryl/α,β-unsaturated/α-hetero) is 1. The molecule has 1 aliphatic rings. The van der Waals surface area contributed by atoms with Crippen molar-refractivity contribution in [3.05, 3.63) is 76.5 Å². The Kier molecular flexibility index (Phi) is 8.02. The topological polar surface area (TPSA) is 82.8 Å². The fourth-order valence-corrected chi connectivity index (χ4v) is 4.57. The highest BCUT2D eigenvalue weighted by atomic mass is 32.2. The first-order valence-corrected chi connectivity index (χ1v) is 11.5. The van der Waals surface area contributed by atoms with Crippen molar-refractivity contribution in [3.63, 3.8) is 0 Å². The number of aliphatic imine (C=N–C) groups is 1. The van der Waals surface area contributed by atoms with E-state index in [0.29, 0.717) is 33.3 Å². The summed E-state index contributed by atoms with van der Waals surface area (Å²) in [5, 5.41) is 9.45. The molecular weight excluding hydrogens is 479 g/mol. The van der Waals surface area contributed by atoms with E-state index in [1.165, 1.54) is 42.6 Å². The van der Waals surface area contributed by atoms with Gasteiger partial charge in [-0.1, -0.05) is 30.0 Å². The van der Waals surface area contributed by atoms with Crippen LogP contribution in [0.5, 0.6) is 0 Å². The number of benzene rings is 2. The molecule has 1 unspecified atom stereocenters. The number of ketones is 1. The van der Waals surface area contributed by atoms with E-state index in [0.717, 1.165) is 12.1 Å². The third kappa shape index (κ3) is 6.11. The number of nitriles is 1. The quantitative estimate of drug-likeness (QED) is 0.376. The lowest BCUT2D eigenvalue weighted by atomic mass is 9.93. The second-order valence-electron chi connectivity index (χ2n) is 7.68. The molecule has 3 rings (SSSR count). The average Bonchev–Trinajstić information content (AvgIpc) is 2.80. The molecule has 0 aromatic heterocycles. The van der Waals surface area contributed by atoms with E-state index < -0.39 is 23.8 Å². The molecule has 0 bridgehead atoms. The molecule has 0 saturated carbocycles. The van der Waals surface area contributed by atoms with Gasteiger partial charge in [0.25, 0.3) is 0 Å². The van der Waals surface area contributed by atoms with Crippen LogP contribution in [0.4, 0.5) is 18.9 Å². The molecule has 2 aromatic carbocycles. The van der Waals surface area contributed by atoms with Crippen LogP contribution in [0.15, 0.2) is 64.8 Å². The molecule has 0 amide bonds. The van der Waals surface area contributed by atoms with Crippen LogP contribution < -0.4 is 4.90 Å². The molecule has 1 heterocycles. The zero-order chi connectivity index (χ0) is 25.8. The second-order valence-corrected chi connectivity index (χ2v) is 8.74. The number of rotatable bonds is 6. The Labute approximate surface area is 205 Å². The minimum Gasteiger partial charge on any atom is -0.465 e. The van der Waals surface area contributed by atoms with Gasteiger partial charge in [0.05, 0.1) is 17.2 Å². The molecule has 10 heteroatoms. The van der Waals surface area contributed by atoms with E-state index in [9.17, 15) is 22.8 Å². The molecule has 2 aromatic rings. The standard InChI is InChI=1S/C25H22F3N3O3S/c1-15-22(16(2)32)23(19-9-7-18(14-29)8-10-19)30-24(35-12-11-34-17(3)33)31(15)21-6-4-5-20(13-21)25(26,27)28/h4-10,13,23H,11-12H2,1-3H3. The summed E-state index contributed by atoms with van der Waals surface area (Å²) in [5.41, 5.74) is 1.25. The van der Waals surface area contributed by atoms with Gasteiger partial charge in [0.1, 0.15) is 12.6 Å². The SMILES string of the molecule is CC(=O)OCCSC1=NC(c2ccc(C#N)cc2)C(C(C)=O)=C(C)N1c1cccc(C(F)(F)F)c1. The Bertz CT molecular complexity index is 1230. The van der Waals surface area contributed by atoms with Gasteiger partial charge in [-0.2, -0.15) is 18.4 Å². The van der Waals surface area contributed by atoms with Gasteiger partial charge >= 0.3 is 12.1 Å². The highest BCUT2D eigenvalue weighted by Gasteiger charge is 2.35. The van der Waals surface area contributed by atoms with Gasteiger partial charge < -0.3 is 4.74 Å². The Morgan fingerprint density at radius 1 is 1.17 bits per heavy atom. The van der Waals surface area contributed by atoms with Crippen molar-refractivity contribution in [1.29, 1.82) is 5.26 Å². The number of amidine groups is 1. The molecule has 0 spiro atoms. The van der Waals surface area contributed by atoms with Crippen molar-refractivity contribution >= 4 is 34.4 Å². The van der Waals surface area contributed by atoms with Gasteiger partial charge in [0.2, 0.25) is 0 Å². The van der Waals surface area contributed by atoms with E-state index >= 15 is 0 Å². The number of thioether (sulfide) groups is 1. The summed E-state index contributed by atoms with van der Waals surface area (Å²) in [6.45, 7) is 4.41. The first kappa shape index (κ1) is 26.0. The fraction of sp³-hybridized carbons (Fsp3) is 0.280. The average molecular weight is 502 g/mol. The zero-order valence-electron chi connectivity index (χ0n) is 19.2. The number of carbonyl (C=O) groups is 2. The lowest BCUT2D eigenvalue weighted by molar-refractivity contribution is -0.140. The molecule has 0 N–H and O–H groups in total. The van der Waals surface area contributed by atoms with Crippen LogP contribution in [-0.2, 0) is 20.5 Å². The van der Waals surface area contributed by atoms with Crippen LogP contribution in [0, 0.1) is 11.3 Å². The molecule has 0 fully saturated rings. The van der Waals surface area contributed by atoms with Crippen molar-refractivity contribution in [2.75, 3.05) is 17.3 Å². The second kappa shape index (κ2) is 10.8. The van der Waals surface area contributed by atoms with E-state index in [2.05, 4.69) is 0 Å². The smallest absolute Gasteiger partial charge is 0.416 e. The number of alkyl halides is 3. The maximum absolute atomic E-state index is 13.4. The summed E-state index contributed by atoms with van der Waals surface area (Å²) in [6, 6.07) is 12.7. The maximum atomic E-state index is 13.4. The molecule has 1 atom stereocenters. The van der Waals surface area contributed by atoms with Crippen molar-refractivity contribution < 1.29 is 27.5 Å². The summed E-state index contributed by atoms with van der Waals surface area (Å²) in [4.78, 5) is 30.1. The number of hydrogen-bond acceptors (Lipinski definition) is 7. The van der Waals surface area contributed by atoms with E-state index in [-0.39, 0.29) is 18.1 Å². The van der Waals surface area contributed by atoms with Crippen LogP contribution >= 0.6 is 11.8 Å². The number of halogens is 3. The summed E-state index contributed by atoms with van der Waals surface area (Å²) in [7, 11) is 0. The van der Waals surface area contributed by atoms with E-state index in [1.807, 2.05) is 6.07 Å². The summed E-state index contributed by atoms with van der Waals surface area (Å²) >= 11 is 1.20. The van der Waals surface area contributed by atoms with Crippen molar-refractivity contribution in [2.45, 2.75) is 33.0 Å². The first-order valence-electron chi connectivity index (χ1n) is 10.6. The Morgan fingerprint density at radius 3 is 2.43 bits per heavy atom. The number of anilines is 1. The maximum Gasteiger partial charge on any atom is 0.416 e. The van der Waals surface area contributed by atoms with Crippen molar-refractivity contribution in [1.82, 2.24) is 0 Å². The largest absolute Gasteiger partial charge is 0.465 e. The fourth-order valence-electron chi connectivity index (χ4n) is 3.67. The zero-order valence-corrected chi connectivity index (χ0v) is 20.0. The van der Waals surface area contributed by atoms with Gasteiger partial charge in [-0.05, 0) is 49.7 Å². The number of esters is 1. The van der Waals surface area contributed by atoms with Crippen molar-refractivity contribution in [2.24, 2.45) is 4.99 Å². The molecule has 35 heavy (non-hydrogen) atoms. The van der Waals surface area contributed by atoms with Crippen LogP contribution in [0.1, 0.15) is 43.5 Å². The molecule has 182 valence electrons. The van der Waals surface area contributed by atoms with Gasteiger partial charge in [0, 0.05) is 29.6 Å². The third-order valence-electron chi connectivity index (χ3n) is 5.22. The Hall–Kier alpha value is -3.58. The molecule has 0 aliphatic carbocycles. The van der Waals surface area contributed by atoms with Gasteiger partial charge in [0.15, 0.2) is 11.0 Å². The predicted molar refractivity (Wildman–Crippen MR) is 128 cm³/mol. The number of carbonyl (C=O) groups excluding carboxylic acids is 2. The predicted octanol–water partition coefficient (Wildman–Crippen LogP) is 5.65. The molecule has 6 nitrogen and oxygen atoms in total. The van der Waals surface area contributed by atoms with Crippen LogP contribution in [0.25, 0.3) is 0 Å². The number of nitrogens with zero attached hydrogens (tertiary/aromatic N) is 3. The van der Waals surface area contributed by atoms with Crippen LogP contribution in [0.2, 0.25) is 0 Å². The summed E-state index contributed by atoms with van der Waals surface area (Å²) < 4.78 is 45.2. The number of ether oxygens (including phenoxy) is 1. The molecule has 0 radical (unpaired) electrons. The van der Waals surface area contributed by atoms with Crippen LogP contribution in [0.3, 0.4) is 0 Å². The number of allylic oxidation sites excluding steroid dienone is 1. The van der Waals surface area contributed by atoms with E-state index in [4.69, 9.17) is 15.0 Å². The Morgan fingerprint density at radius 2 is 1.86 bits per heavy atom. The third-order valence-corrected chi connectivity index (χ3v) is 6.13. The van der Waals surface area contributed by atoms with Gasteiger partial charge in [-0.3, -0.25) is 14.5 Å². The van der Waals surface area contributed by atoms with Gasteiger partial charge in [-0.25, -0.2) is 4.99 Å². The highest BCUT2D eigenvalue weighted by molar-refractivity contribution is 8.14. The van der Waals surface area contributed by atoms with E-state index in [1.54, 1.807) is 31.2 Å². The molecule has 1 aliphatic heterocycles. The van der Waals surface area contributed by atoms with Crippen molar-refractivity contribution in [3.8, 4) is 6.07 Å². The first-order chi connectivity index (χ1) is 16.5. The lowest BCUT2D eigenvalue weighted by Crippen LogP contribution is -2.35. The minimum atomic E-state index is -4.54. The minimum absolute atomic E-state index is 0.0827. The normalized spacial score (nSPS) is 16.0. The summed E-state index contributed by atoms with van der Waals surface area (Å²) in [5.74, 6) is -0.422. The number of hydrogen-bond donors (Lipinski definition) is 0. The molecular formula is C25H22F3N3O3S. The monoisotopic (exact) mass is 501 g/mol. The molecule has 0 saturated heterocycles.